The van der Waals surface area contributed by atoms with Gasteiger partial charge < -0.3 is 9.47 Å². The third-order valence-corrected chi connectivity index (χ3v) is 3.83. The SMILES string of the molecule is CCc1ccc2c(c1)C(=O)[C@H](Cc1cccc(OC)c1)O2. The number of ketones is 1. The van der Waals surface area contributed by atoms with Crippen LogP contribution in [0.3, 0.4) is 0 Å². The molecule has 1 heterocycles. The molecule has 0 saturated heterocycles. The zero-order valence-electron chi connectivity index (χ0n) is 12.3. The van der Waals surface area contributed by atoms with Crippen LogP contribution in [0.25, 0.3) is 0 Å². The van der Waals surface area contributed by atoms with Crippen molar-refractivity contribution in [3.05, 3.63) is 59.2 Å². The van der Waals surface area contributed by atoms with Gasteiger partial charge in [0.25, 0.3) is 0 Å². The number of rotatable bonds is 4. The van der Waals surface area contributed by atoms with Gasteiger partial charge in [0.05, 0.1) is 12.7 Å². The second kappa shape index (κ2) is 5.60. The lowest BCUT2D eigenvalue weighted by Crippen LogP contribution is -2.23. The maximum absolute atomic E-state index is 12.5. The fraction of sp³-hybridized carbons (Fsp3) is 0.278. The molecule has 3 nitrogen and oxygen atoms in total. The summed E-state index contributed by atoms with van der Waals surface area (Å²) in [5, 5.41) is 0. The molecule has 1 aliphatic heterocycles. The normalized spacial score (nSPS) is 16.5. The van der Waals surface area contributed by atoms with E-state index >= 15 is 0 Å². The average molecular weight is 282 g/mol. The highest BCUT2D eigenvalue weighted by Gasteiger charge is 2.32. The van der Waals surface area contributed by atoms with Gasteiger partial charge in [-0.15, -0.1) is 0 Å². The van der Waals surface area contributed by atoms with E-state index in [0.29, 0.717) is 17.7 Å². The molecule has 0 saturated carbocycles. The second-order valence-corrected chi connectivity index (χ2v) is 5.21. The maximum atomic E-state index is 12.5. The standard InChI is InChI=1S/C18H18O3/c1-3-12-7-8-16-15(10-12)18(19)17(21-16)11-13-5-4-6-14(9-13)20-2/h4-10,17H,3,11H2,1-2H3/t17-/m0/s1. The highest BCUT2D eigenvalue weighted by atomic mass is 16.5. The summed E-state index contributed by atoms with van der Waals surface area (Å²) in [6.07, 6.45) is 1.05. The summed E-state index contributed by atoms with van der Waals surface area (Å²) in [7, 11) is 1.64. The minimum atomic E-state index is -0.431. The molecule has 108 valence electrons. The molecule has 2 aromatic carbocycles. The van der Waals surface area contributed by atoms with Crippen LogP contribution in [0.2, 0.25) is 0 Å². The molecule has 0 unspecified atom stereocenters. The van der Waals surface area contributed by atoms with Crippen LogP contribution >= 0.6 is 0 Å². The lowest BCUT2D eigenvalue weighted by atomic mass is 10.00. The van der Waals surface area contributed by atoms with E-state index in [1.807, 2.05) is 42.5 Å². The Morgan fingerprint density at radius 1 is 1.14 bits per heavy atom. The molecule has 0 aliphatic carbocycles. The van der Waals surface area contributed by atoms with E-state index in [0.717, 1.165) is 23.3 Å². The Balaban J connectivity index is 1.81. The number of carbonyl (C=O) groups excluding carboxylic acids is 1. The number of aryl methyl sites for hydroxylation is 1. The number of methoxy groups -OCH3 is 1. The van der Waals surface area contributed by atoms with Crippen LogP contribution in [0.4, 0.5) is 0 Å². The molecule has 0 fully saturated rings. The summed E-state index contributed by atoms with van der Waals surface area (Å²) in [5.41, 5.74) is 2.91. The molecular formula is C18H18O3. The largest absolute Gasteiger partial charge is 0.497 e. The van der Waals surface area contributed by atoms with Gasteiger partial charge in [-0.3, -0.25) is 4.79 Å². The molecule has 1 atom stereocenters. The van der Waals surface area contributed by atoms with Crippen LogP contribution in [0.5, 0.6) is 11.5 Å². The van der Waals surface area contributed by atoms with Crippen LogP contribution in [0.15, 0.2) is 42.5 Å². The van der Waals surface area contributed by atoms with E-state index in [9.17, 15) is 4.79 Å². The van der Waals surface area contributed by atoms with Gasteiger partial charge in [-0.2, -0.15) is 0 Å². The quantitative estimate of drug-likeness (QED) is 0.861. The Hall–Kier alpha value is -2.29. The number of benzene rings is 2. The van der Waals surface area contributed by atoms with Crippen molar-refractivity contribution in [2.75, 3.05) is 7.11 Å². The molecule has 0 radical (unpaired) electrons. The van der Waals surface area contributed by atoms with Crippen molar-refractivity contribution >= 4 is 5.78 Å². The minimum Gasteiger partial charge on any atom is -0.497 e. The van der Waals surface area contributed by atoms with Gasteiger partial charge in [0.2, 0.25) is 5.78 Å². The van der Waals surface area contributed by atoms with E-state index in [1.54, 1.807) is 7.11 Å². The van der Waals surface area contributed by atoms with Gasteiger partial charge in [0, 0.05) is 6.42 Å². The minimum absolute atomic E-state index is 0.0723. The zero-order valence-corrected chi connectivity index (χ0v) is 12.3. The Bertz CT molecular complexity index is 676. The molecule has 0 aromatic heterocycles. The monoisotopic (exact) mass is 282 g/mol. The summed E-state index contributed by atoms with van der Waals surface area (Å²) in [6, 6.07) is 13.6. The Kier molecular flexibility index (Phi) is 3.65. The van der Waals surface area contributed by atoms with Crippen molar-refractivity contribution in [2.45, 2.75) is 25.9 Å². The summed E-state index contributed by atoms with van der Waals surface area (Å²) in [6.45, 7) is 2.08. The molecule has 3 rings (SSSR count). The molecule has 0 N–H and O–H groups in total. The molecule has 1 aliphatic rings. The maximum Gasteiger partial charge on any atom is 0.207 e. The Morgan fingerprint density at radius 2 is 2.00 bits per heavy atom. The summed E-state index contributed by atoms with van der Waals surface area (Å²) in [4.78, 5) is 12.5. The van der Waals surface area contributed by atoms with Crippen molar-refractivity contribution in [1.29, 1.82) is 0 Å². The predicted molar refractivity (Wildman–Crippen MR) is 81.3 cm³/mol. The fourth-order valence-electron chi connectivity index (χ4n) is 2.62. The highest BCUT2D eigenvalue weighted by molar-refractivity contribution is 6.04. The van der Waals surface area contributed by atoms with Gasteiger partial charge in [-0.25, -0.2) is 0 Å². The van der Waals surface area contributed by atoms with Gasteiger partial charge in [0.1, 0.15) is 11.5 Å². The van der Waals surface area contributed by atoms with Crippen molar-refractivity contribution in [3.8, 4) is 11.5 Å². The van der Waals surface area contributed by atoms with Crippen LogP contribution in [-0.4, -0.2) is 19.0 Å². The van der Waals surface area contributed by atoms with Crippen molar-refractivity contribution in [1.82, 2.24) is 0 Å². The first kappa shape index (κ1) is 13.7. The van der Waals surface area contributed by atoms with E-state index in [1.165, 1.54) is 0 Å². The highest BCUT2D eigenvalue weighted by Crippen LogP contribution is 2.31. The fourth-order valence-corrected chi connectivity index (χ4v) is 2.62. The van der Waals surface area contributed by atoms with Crippen LogP contribution in [0, 0.1) is 0 Å². The van der Waals surface area contributed by atoms with Crippen LogP contribution < -0.4 is 9.47 Å². The Morgan fingerprint density at radius 3 is 2.76 bits per heavy atom. The molecule has 2 aromatic rings. The van der Waals surface area contributed by atoms with Gasteiger partial charge >= 0.3 is 0 Å². The third-order valence-electron chi connectivity index (χ3n) is 3.83. The first-order chi connectivity index (χ1) is 10.2. The van der Waals surface area contributed by atoms with E-state index in [-0.39, 0.29) is 5.78 Å². The van der Waals surface area contributed by atoms with Crippen molar-refractivity contribution in [2.24, 2.45) is 0 Å². The first-order valence-corrected chi connectivity index (χ1v) is 7.18. The van der Waals surface area contributed by atoms with E-state index in [2.05, 4.69) is 6.92 Å². The second-order valence-electron chi connectivity index (χ2n) is 5.21. The molecule has 3 heteroatoms. The number of hydrogen-bond donors (Lipinski definition) is 0. The van der Waals surface area contributed by atoms with Crippen LogP contribution in [-0.2, 0) is 12.8 Å². The number of fused-ring (bicyclic) bond motifs is 1. The van der Waals surface area contributed by atoms with Gasteiger partial charge in [0.15, 0.2) is 6.10 Å². The van der Waals surface area contributed by atoms with E-state index < -0.39 is 6.10 Å². The van der Waals surface area contributed by atoms with Gasteiger partial charge in [-0.1, -0.05) is 25.1 Å². The van der Waals surface area contributed by atoms with E-state index in [4.69, 9.17) is 9.47 Å². The Labute approximate surface area is 124 Å². The average Bonchev–Trinajstić information content (AvgIpc) is 2.83. The predicted octanol–water partition coefficient (Wildman–Crippen LogP) is 3.44. The molecule has 0 amide bonds. The molecule has 21 heavy (non-hydrogen) atoms. The molecule has 0 bridgehead atoms. The third kappa shape index (κ3) is 2.64. The molecular weight excluding hydrogens is 264 g/mol. The number of carbonyl (C=O) groups is 1. The summed E-state index contributed by atoms with van der Waals surface area (Å²) >= 11 is 0. The number of ether oxygens (including phenoxy) is 2. The van der Waals surface area contributed by atoms with Gasteiger partial charge in [-0.05, 0) is 41.8 Å². The van der Waals surface area contributed by atoms with Crippen molar-refractivity contribution in [3.63, 3.8) is 0 Å². The summed E-state index contributed by atoms with van der Waals surface area (Å²) in [5.74, 6) is 1.57. The zero-order chi connectivity index (χ0) is 14.8. The van der Waals surface area contributed by atoms with Crippen LogP contribution in [0.1, 0.15) is 28.4 Å². The number of hydrogen-bond acceptors (Lipinski definition) is 3. The van der Waals surface area contributed by atoms with Crippen molar-refractivity contribution < 1.29 is 14.3 Å². The topological polar surface area (TPSA) is 35.5 Å². The lowest BCUT2D eigenvalue weighted by molar-refractivity contribution is 0.0857. The summed E-state index contributed by atoms with van der Waals surface area (Å²) < 4.78 is 11.0. The lowest BCUT2D eigenvalue weighted by Gasteiger charge is -2.10. The number of Topliss-reactive ketones (excluding diaryl/α,β-unsaturated/α-hetero) is 1. The first-order valence-electron chi connectivity index (χ1n) is 7.18. The smallest absolute Gasteiger partial charge is 0.207 e. The molecule has 0 spiro atoms.